The summed E-state index contributed by atoms with van der Waals surface area (Å²) in [5.41, 5.74) is 0. The van der Waals surface area contributed by atoms with E-state index in [-0.39, 0.29) is 19.1 Å². The van der Waals surface area contributed by atoms with Gasteiger partial charge in [-0.15, -0.1) is 0 Å². The number of carbonyl (C=O) groups is 1. The number of nitrogens with one attached hydrogen (secondary N) is 1. The van der Waals surface area contributed by atoms with Crippen molar-refractivity contribution in [2.45, 2.75) is 302 Å². The Morgan fingerprint density at radius 2 is 0.836 bits per heavy atom. The van der Waals surface area contributed by atoms with Gasteiger partial charge in [-0.3, -0.25) is 9.36 Å². The molecule has 67 heavy (non-hydrogen) atoms. The maximum absolute atomic E-state index is 13.0. The average molecular weight is 968 g/mol. The minimum atomic E-state index is -4.60. The Labute approximate surface area is 417 Å². The monoisotopic (exact) mass is 967 g/mol. The number of carbonyl (C=O) groups excluding carboxylic acids is 1. The Hall–Kier alpha value is -1.02. The van der Waals surface area contributed by atoms with Crippen molar-refractivity contribution in [2.24, 2.45) is 0 Å². The van der Waals surface area contributed by atoms with Crippen LogP contribution in [0.1, 0.15) is 290 Å². The van der Waals surface area contributed by atoms with Crippen molar-refractivity contribution >= 4 is 13.7 Å². The molecule has 0 fully saturated rings. The Kier molecular flexibility index (Phi) is 49.2. The lowest BCUT2D eigenvalue weighted by atomic mass is 10.0. The van der Waals surface area contributed by atoms with Crippen LogP contribution >= 0.6 is 7.82 Å². The van der Waals surface area contributed by atoms with Crippen LogP contribution in [-0.2, 0) is 18.4 Å². The van der Waals surface area contributed by atoms with Gasteiger partial charge in [0.15, 0.2) is 0 Å². The van der Waals surface area contributed by atoms with Gasteiger partial charge in [0.2, 0.25) is 5.91 Å². The lowest BCUT2D eigenvalue weighted by Gasteiger charge is -2.29. The number of aliphatic hydroxyl groups is 1. The summed E-state index contributed by atoms with van der Waals surface area (Å²) in [7, 11) is 1.26. The van der Waals surface area contributed by atoms with Crippen molar-refractivity contribution < 1.29 is 32.9 Å². The lowest BCUT2D eigenvalue weighted by Crippen LogP contribution is -2.45. The third kappa shape index (κ3) is 52.6. The molecule has 0 saturated carbocycles. The number of allylic oxidation sites excluding steroid dienone is 3. The van der Waals surface area contributed by atoms with Crippen LogP contribution < -0.4 is 10.2 Å². The van der Waals surface area contributed by atoms with Gasteiger partial charge in [0, 0.05) is 6.42 Å². The standard InChI is InChI=1S/C58H115N2O6P/c1-6-8-10-12-14-16-18-20-22-24-26-28-29-30-31-32-33-35-37-39-41-43-45-47-49-51-57(61)56(55-66-67(63,64)65-54-53-60(3,4)5)59-58(62)52-50-48-46-44-42-40-38-36-34-27-25-23-21-19-17-15-13-11-9-7-2/h41,43,49,51,56-57,61H,6-40,42,44-48,50,52-55H2,1-5H3,(H-,59,62,63,64)/b43-41+,51-49+. The normalized spacial score (nSPS) is 14.1. The van der Waals surface area contributed by atoms with Gasteiger partial charge in [-0.25, -0.2) is 0 Å². The Balaban J connectivity index is 4.22. The second-order valence-electron chi connectivity index (χ2n) is 21.4. The molecule has 9 heteroatoms. The maximum atomic E-state index is 13.0. The summed E-state index contributed by atoms with van der Waals surface area (Å²) in [6.07, 6.45) is 62.6. The van der Waals surface area contributed by atoms with Crippen LogP contribution in [0.5, 0.6) is 0 Å². The number of amides is 1. The predicted molar refractivity (Wildman–Crippen MR) is 289 cm³/mol. The number of aliphatic hydroxyl groups excluding tert-OH is 1. The van der Waals surface area contributed by atoms with Gasteiger partial charge in [-0.1, -0.05) is 276 Å². The zero-order valence-electron chi connectivity index (χ0n) is 45.4. The van der Waals surface area contributed by atoms with Gasteiger partial charge in [0.1, 0.15) is 13.2 Å². The second kappa shape index (κ2) is 49.9. The SMILES string of the molecule is CCCCCCCCCCCCCCCCCCCCC/C=C/CC/C=C/C(O)C(COP(=O)([O-])OCC[N+](C)(C)C)NC(=O)CCCCCCCCCCCCCCCCCCCCCC. The first-order valence-corrected chi connectivity index (χ1v) is 30.7. The molecule has 0 aliphatic carbocycles. The fourth-order valence-corrected chi connectivity index (χ4v) is 9.54. The molecule has 0 aliphatic rings. The van der Waals surface area contributed by atoms with E-state index in [1.54, 1.807) is 6.08 Å². The molecular formula is C58H115N2O6P. The first-order chi connectivity index (χ1) is 32.5. The molecule has 0 heterocycles. The summed E-state index contributed by atoms with van der Waals surface area (Å²) >= 11 is 0. The van der Waals surface area contributed by atoms with E-state index < -0.39 is 20.0 Å². The van der Waals surface area contributed by atoms with E-state index in [0.29, 0.717) is 17.4 Å². The summed E-state index contributed by atoms with van der Waals surface area (Å²) in [5.74, 6) is -0.201. The first-order valence-electron chi connectivity index (χ1n) is 29.2. The van der Waals surface area contributed by atoms with Crippen molar-refractivity contribution in [2.75, 3.05) is 40.9 Å². The number of nitrogens with zero attached hydrogens (tertiary/aromatic N) is 1. The molecule has 0 aromatic heterocycles. The average Bonchev–Trinajstić information content (AvgIpc) is 3.29. The molecule has 0 bridgehead atoms. The van der Waals surface area contributed by atoms with Gasteiger partial charge in [0.05, 0.1) is 39.9 Å². The van der Waals surface area contributed by atoms with Crippen molar-refractivity contribution in [3.63, 3.8) is 0 Å². The topological polar surface area (TPSA) is 108 Å². The fraction of sp³-hybridized carbons (Fsp3) is 0.914. The van der Waals surface area contributed by atoms with Crippen molar-refractivity contribution in [3.8, 4) is 0 Å². The quantitative estimate of drug-likeness (QED) is 0.0272. The van der Waals surface area contributed by atoms with Crippen LogP contribution in [0.15, 0.2) is 24.3 Å². The van der Waals surface area contributed by atoms with Crippen LogP contribution in [0.4, 0.5) is 0 Å². The molecule has 1 amide bonds. The zero-order valence-corrected chi connectivity index (χ0v) is 46.3. The van der Waals surface area contributed by atoms with Crippen molar-refractivity contribution in [1.82, 2.24) is 5.32 Å². The summed E-state index contributed by atoms with van der Waals surface area (Å²) in [5, 5.41) is 13.9. The van der Waals surface area contributed by atoms with Crippen molar-refractivity contribution in [1.29, 1.82) is 0 Å². The third-order valence-electron chi connectivity index (χ3n) is 13.4. The van der Waals surface area contributed by atoms with E-state index in [0.717, 1.165) is 38.5 Å². The molecule has 0 rings (SSSR count). The molecule has 0 aliphatic heterocycles. The first kappa shape index (κ1) is 66.0. The summed E-state index contributed by atoms with van der Waals surface area (Å²) in [4.78, 5) is 25.5. The van der Waals surface area contributed by atoms with E-state index in [1.807, 2.05) is 27.2 Å². The highest BCUT2D eigenvalue weighted by molar-refractivity contribution is 7.45. The second-order valence-corrected chi connectivity index (χ2v) is 22.8. The van der Waals surface area contributed by atoms with Crippen LogP contribution in [0.2, 0.25) is 0 Å². The zero-order chi connectivity index (χ0) is 49.2. The summed E-state index contributed by atoms with van der Waals surface area (Å²) in [6, 6.07) is -0.900. The number of hydrogen-bond acceptors (Lipinski definition) is 6. The Morgan fingerprint density at radius 3 is 1.21 bits per heavy atom. The lowest BCUT2D eigenvalue weighted by molar-refractivity contribution is -0.870. The molecular weight excluding hydrogens is 852 g/mol. The van der Waals surface area contributed by atoms with Crippen LogP contribution in [0, 0.1) is 0 Å². The highest BCUT2D eigenvalue weighted by Gasteiger charge is 2.23. The maximum Gasteiger partial charge on any atom is 0.268 e. The highest BCUT2D eigenvalue weighted by atomic mass is 31.2. The van der Waals surface area contributed by atoms with Crippen LogP contribution in [0.25, 0.3) is 0 Å². The van der Waals surface area contributed by atoms with E-state index in [2.05, 4.69) is 31.3 Å². The molecule has 0 aromatic rings. The van der Waals surface area contributed by atoms with E-state index in [4.69, 9.17) is 9.05 Å². The van der Waals surface area contributed by atoms with Gasteiger partial charge < -0.3 is 28.8 Å². The molecule has 2 N–H and O–H groups in total. The number of phosphoric ester groups is 1. The molecule has 3 atom stereocenters. The molecule has 0 spiro atoms. The van der Waals surface area contributed by atoms with E-state index in [9.17, 15) is 19.4 Å². The summed E-state index contributed by atoms with van der Waals surface area (Å²) < 4.78 is 23.3. The van der Waals surface area contributed by atoms with Crippen molar-refractivity contribution in [3.05, 3.63) is 24.3 Å². The number of quaternary nitrogens is 1. The Morgan fingerprint density at radius 1 is 0.507 bits per heavy atom. The minimum absolute atomic E-state index is 0.00369. The molecule has 398 valence electrons. The number of phosphoric acid groups is 1. The molecule has 3 unspecified atom stereocenters. The number of likely N-dealkylation sites (N-methyl/N-ethyl adjacent to an activating group) is 1. The minimum Gasteiger partial charge on any atom is -0.756 e. The van der Waals surface area contributed by atoms with E-state index >= 15 is 0 Å². The van der Waals surface area contributed by atoms with Gasteiger partial charge >= 0.3 is 0 Å². The van der Waals surface area contributed by atoms with Gasteiger partial charge in [0.25, 0.3) is 7.82 Å². The number of unbranched alkanes of at least 4 members (excludes halogenated alkanes) is 39. The third-order valence-corrected chi connectivity index (χ3v) is 14.4. The summed E-state index contributed by atoms with van der Waals surface area (Å²) in [6.45, 7) is 4.68. The Bertz CT molecular complexity index is 1140. The number of rotatable bonds is 54. The van der Waals surface area contributed by atoms with E-state index in [1.165, 1.54) is 231 Å². The smallest absolute Gasteiger partial charge is 0.268 e. The van der Waals surface area contributed by atoms with Gasteiger partial charge in [-0.05, 0) is 32.1 Å². The van der Waals surface area contributed by atoms with Gasteiger partial charge in [-0.2, -0.15) is 0 Å². The highest BCUT2D eigenvalue weighted by Crippen LogP contribution is 2.38. The largest absolute Gasteiger partial charge is 0.756 e. The molecule has 0 saturated heterocycles. The predicted octanol–water partition coefficient (Wildman–Crippen LogP) is 17.0. The molecule has 0 aromatic carbocycles. The van der Waals surface area contributed by atoms with Crippen LogP contribution in [0.3, 0.4) is 0 Å². The number of hydrogen-bond donors (Lipinski definition) is 2. The van der Waals surface area contributed by atoms with Crippen LogP contribution in [-0.4, -0.2) is 68.5 Å². The molecule has 8 nitrogen and oxygen atoms in total. The molecule has 0 radical (unpaired) electrons. The fourth-order valence-electron chi connectivity index (χ4n) is 8.82.